The highest BCUT2D eigenvalue weighted by Crippen LogP contribution is 2.39. The minimum atomic E-state index is -0.849. The summed E-state index contributed by atoms with van der Waals surface area (Å²) in [5.74, 6) is -0.821. The molecule has 3 rings (SSSR count). The summed E-state index contributed by atoms with van der Waals surface area (Å²) in [7, 11) is 1.13. The number of nitro benzene ring substituents is 1. The van der Waals surface area contributed by atoms with Crippen molar-refractivity contribution in [3.05, 3.63) is 62.2 Å². The van der Waals surface area contributed by atoms with Gasteiger partial charge in [0.15, 0.2) is 11.5 Å². The molecule has 0 aromatic heterocycles. The number of hydrogen-bond donors (Lipinski definition) is 0. The highest BCUT2D eigenvalue weighted by molar-refractivity contribution is 6.32. The van der Waals surface area contributed by atoms with Gasteiger partial charge in [0.05, 0.1) is 28.2 Å². The second-order valence-corrected chi connectivity index (χ2v) is 5.81. The Morgan fingerprint density at radius 2 is 1.85 bits per heavy atom. The summed E-state index contributed by atoms with van der Waals surface area (Å²) in [6.45, 7) is -0.117. The van der Waals surface area contributed by atoms with E-state index in [0.717, 1.165) is 25.3 Å². The minimum absolute atomic E-state index is 0.0439. The molecule has 0 N–H and O–H groups in total. The lowest BCUT2D eigenvalue weighted by Crippen LogP contribution is -2.09. The van der Waals surface area contributed by atoms with Gasteiger partial charge >= 0.3 is 11.9 Å². The fourth-order valence-corrected chi connectivity index (χ4v) is 2.69. The van der Waals surface area contributed by atoms with Gasteiger partial charge < -0.3 is 18.9 Å². The number of fused-ring (bicyclic) bond motifs is 1. The number of esters is 2. The van der Waals surface area contributed by atoms with Crippen LogP contribution in [0.3, 0.4) is 0 Å². The number of carbonyl (C=O) groups excluding carboxylic acids is 2. The average Bonchev–Trinajstić information content (AvgIpc) is 3.14. The van der Waals surface area contributed by atoms with Crippen LogP contribution < -0.4 is 9.47 Å². The third kappa shape index (κ3) is 3.93. The molecular weight excluding hydrogens is 382 g/mol. The van der Waals surface area contributed by atoms with Gasteiger partial charge in [-0.15, -0.1) is 0 Å². The van der Waals surface area contributed by atoms with Crippen LogP contribution >= 0.6 is 11.6 Å². The van der Waals surface area contributed by atoms with Crippen molar-refractivity contribution in [1.29, 1.82) is 0 Å². The summed E-state index contributed by atoms with van der Waals surface area (Å²) in [4.78, 5) is 34.2. The second-order valence-electron chi connectivity index (χ2n) is 5.40. The highest BCUT2D eigenvalue weighted by Gasteiger charge is 2.21. The van der Waals surface area contributed by atoms with Crippen LogP contribution in [0.2, 0.25) is 5.02 Å². The average molecular weight is 394 g/mol. The lowest BCUT2D eigenvalue weighted by molar-refractivity contribution is -0.384. The summed E-state index contributed by atoms with van der Waals surface area (Å²) in [6.07, 6.45) is 0. The van der Waals surface area contributed by atoms with Crippen molar-refractivity contribution in [3.63, 3.8) is 0 Å². The number of rotatable bonds is 5. The Hall–Kier alpha value is -3.33. The summed E-state index contributed by atoms with van der Waals surface area (Å²) < 4.78 is 20.1. The van der Waals surface area contributed by atoms with Crippen LogP contribution in [0.4, 0.5) is 5.69 Å². The number of hydrogen-bond acceptors (Lipinski definition) is 8. The molecule has 0 fully saturated rings. The van der Waals surface area contributed by atoms with Gasteiger partial charge in [0.2, 0.25) is 6.79 Å². The molecule has 0 atom stereocenters. The topological polar surface area (TPSA) is 114 Å². The smallest absolute Gasteiger partial charge is 0.338 e. The Kier molecular flexibility index (Phi) is 5.13. The number of carbonyl (C=O) groups is 2. The first-order valence-corrected chi connectivity index (χ1v) is 7.90. The van der Waals surface area contributed by atoms with Gasteiger partial charge in [-0.05, 0) is 23.8 Å². The SMILES string of the molecule is COC(=O)c1cc(C(=O)OCc2cc(Cl)c3c(c2)OCO3)cc([N+](=O)[O-])c1. The van der Waals surface area contributed by atoms with Crippen LogP contribution in [0.25, 0.3) is 0 Å². The standard InChI is InChI=1S/C17H12ClNO8/c1-24-16(20)10-4-11(6-12(5-10)19(22)23)17(21)25-7-9-2-13(18)15-14(3-9)26-8-27-15/h2-6H,7-8H2,1H3. The summed E-state index contributed by atoms with van der Waals surface area (Å²) in [5, 5.41) is 11.3. The van der Waals surface area contributed by atoms with Gasteiger partial charge in [0.1, 0.15) is 6.61 Å². The van der Waals surface area contributed by atoms with Crippen LogP contribution in [0, 0.1) is 10.1 Å². The summed E-state index contributed by atoms with van der Waals surface area (Å²) in [5.41, 5.74) is -0.187. The molecule has 0 saturated heterocycles. The van der Waals surface area contributed by atoms with Gasteiger partial charge in [-0.3, -0.25) is 10.1 Å². The normalized spacial score (nSPS) is 11.8. The zero-order chi connectivity index (χ0) is 19.6. The number of nitro groups is 1. The summed E-state index contributed by atoms with van der Waals surface area (Å²) in [6, 6.07) is 6.35. The molecule has 9 nitrogen and oxygen atoms in total. The first-order valence-electron chi connectivity index (χ1n) is 7.52. The third-order valence-electron chi connectivity index (χ3n) is 3.64. The number of nitrogens with zero attached hydrogens (tertiary/aromatic N) is 1. The molecular formula is C17H12ClNO8. The van der Waals surface area contributed by atoms with Crippen molar-refractivity contribution >= 4 is 29.2 Å². The van der Waals surface area contributed by atoms with Crippen LogP contribution in [-0.2, 0) is 16.1 Å². The molecule has 0 amide bonds. The van der Waals surface area contributed by atoms with Gasteiger partial charge in [-0.1, -0.05) is 11.6 Å². The number of methoxy groups -OCH3 is 1. The van der Waals surface area contributed by atoms with E-state index in [4.69, 9.17) is 25.8 Å². The molecule has 27 heavy (non-hydrogen) atoms. The Morgan fingerprint density at radius 3 is 2.52 bits per heavy atom. The zero-order valence-corrected chi connectivity index (χ0v) is 14.6. The quantitative estimate of drug-likeness (QED) is 0.432. The van der Waals surface area contributed by atoms with Crippen molar-refractivity contribution in [3.8, 4) is 11.5 Å². The number of non-ortho nitro benzene ring substituents is 1. The van der Waals surface area contributed by atoms with Crippen molar-refractivity contribution in [2.24, 2.45) is 0 Å². The Balaban J connectivity index is 1.80. The van der Waals surface area contributed by atoms with E-state index < -0.39 is 22.5 Å². The molecule has 0 aliphatic carbocycles. The minimum Gasteiger partial charge on any atom is -0.465 e. The Labute approximate surface area is 157 Å². The van der Waals surface area contributed by atoms with E-state index in [0.29, 0.717) is 22.1 Å². The molecule has 0 saturated carbocycles. The largest absolute Gasteiger partial charge is 0.465 e. The number of halogens is 1. The maximum absolute atomic E-state index is 12.3. The molecule has 2 aromatic rings. The summed E-state index contributed by atoms with van der Waals surface area (Å²) >= 11 is 6.06. The van der Waals surface area contributed by atoms with E-state index >= 15 is 0 Å². The maximum Gasteiger partial charge on any atom is 0.338 e. The van der Waals surface area contributed by atoms with Gasteiger partial charge in [-0.2, -0.15) is 0 Å². The Morgan fingerprint density at radius 1 is 1.15 bits per heavy atom. The Bertz CT molecular complexity index is 943. The molecule has 140 valence electrons. The second kappa shape index (κ2) is 7.50. The molecule has 10 heteroatoms. The fraction of sp³-hybridized carbons (Fsp3) is 0.176. The molecule has 1 aliphatic heterocycles. The van der Waals surface area contributed by atoms with Crippen molar-refractivity contribution in [1.82, 2.24) is 0 Å². The third-order valence-corrected chi connectivity index (χ3v) is 3.92. The van der Waals surface area contributed by atoms with Gasteiger partial charge in [-0.25, -0.2) is 9.59 Å². The lowest BCUT2D eigenvalue weighted by Gasteiger charge is -2.08. The van der Waals surface area contributed by atoms with E-state index in [1.807, 2.05) is 0 Å². The van der Waals surface area contributed by atoms with Crippen molar-refractivity contribution < 1.29 is 33.5 Å². The van der Waals surface area contributed by atoms with E-state index in [1.54, 1.807) is 12.1 Å². The van der Waals surface area contributed by atoms with Crippen molar-refractivity contribution in [2.45, 2.75) is 6.61 Å². The van der Waals surface area contributed by atoms with Crippen LogP contribution in [0.1, 0.15) is 26.3 Å². The zero-order valence-electron chi connectivity index (χ0n) is 13.9. The molecule has 0 spiro atoms. The highest BCUT2D eigenvalue weighted by atomic mass is 35.5. The predicted molar refractivity (Wildman–Crippen MR) is 91.1 cm³/mol. The number of benzene rings is 2. The van der Waals surface area contributed by atoms with E-state index in [9.17, 15) is 19.7 Å². The van der Waals surface area contributed by atoms with Crippen LogP contribution in [0.15, 0.2) is 30.3 Å². The molecule has 1 heterocycles. The predicted octanol–water partition coefficient (Wildman–Crippen LogP) is 3.12. The fourth-order valence-electron chi connectivity index (χ4n) is 2.41. The first-order chi connectivity index (χ1) is 12.9. The molecule has 2 aromatic carbocycles. The molecule has 0 unspecified atom stereocenters. The first kappa shape index (κ1) is 18.5. The maximum atomic E-state index is 12.3. The van der Waals surface area contributed by atoms with Crippen LogP contribution in [0.5, 0.6) is 11.5 Å². The van der Waals surface area contributed by atoms with Gasteiger partial charge in [0, 0.05) is 12.1 Å². The molecule has 1 aliphatic rings. The monoisotopic (exact) mass is 393 g/mol. The molecule has 0 radical (unpaired) electrons. The van der Waals surface area contributed by atoms with E-state index in [2.05, 4.69) is 4.74 Å². The van der Waals surface area contributed by atoms with Crippen LogP contribution in [-0.4, -0.2) is 30.8 Å². The lowest BCUT2D eigenvalue weighted by atomic mass is 10.1. The van der Waals surface area contributed by atoms with Crippen molar-refractivity contribution in [2.75, 3.05) is 13.9 Å². The molecule has 0 bridgehead atoms. The van der Waals surface area contributed by atoms with E-state index in [-0.39, 0.29) is 24.5 Å². The van der Waals surface area contributed by atoms with E-state index in [1.165, 1.54) is 0 Å². The number of ether oxygens (including phenoxy) is 4. The van der Waals surface area contributed by atoms with Gasteiger partial charge in [0.25, 0.3) is 5.69 Å².